The summed E-state index contributed by atoms with van der Waals surface area (Å²) in [4.78, 5) is 12.2. The van der Waals surface area contributed by atoms with Crippen molar-refractivity contribution in [1.82, 2.24) is 0 Å². The van der Waals surface area contributed by atoms with E-state index in [0.717, 1.165) is 25.7 Å². The third-order valence-corrected chi connectivity index (χ3v) is 4.01. The van der Waals surface area contributed by atoms with E-state index in [1.54, 1.807) is 0 Å². The quantitative estimate of drug-likeness (QED) is 0.724. The lowest BCUT2D eigenvalue weighted by Gasteiger charge is -2.38. The molecule has 2 aliphatic rings. The number of ether oxygens (including phenoxy) is 3. The number of hydrogen-bond donors (Lipinski definition) is 0. The Balaban J connectivity index is 1.95. The molecule has 1 aliphatic carbocycles. The number of carbonyl (C=O) groups excluding carboxylic acids is 1. The molecule has 1 spiro atoms. The molecule has 4 heteroatoms. The number of esters is 1. The molecule has 2 fully saturated rings. The fourth-order valence-electron chi connectivity index (χ4n) is 3.01. The summed E-state index contributed by atoms with van der Waals surface area (Å²) in [5.74, 6) is -0.322. The van der Waals surface area contributed by atoms with Gasteiger partial charge in [0.25, 0.3) is 0 Å². The van der Waals surface area contributed by atoms with Gasteiger partial charge in [0.05, 0.1) is 19.1 Å². The Morgan fingerprint density at radius 3 is 2.53 bits per heavy atom. The normalized spacial score (nSPS) is 28.3. The van der Waals surface area contributed by atoms with E-state index < -0.39 is 11.4 Å². The molecular weight excluding hydrogens is 244 g/mol. The first-order chi connectivity index (χ1) is 8.81. The van der Waals surface area contributed by atoms with Crippen LogP contribution >= 0.6 is 0 Å². The standard InChI is InChI=1S/C15H26O4/c1-11(13(16)19-14(2,3)4)12-6-5-7-15(10-12)17-8-9-18-15/h11-12H,5-10H2,1-4H3. The van der Waals surface area contributed by atoms with E-state index in [-0.39, 0.29) is 11.9 Å². The Morgan fingerprint density at radius 1 is 1.32 bits per heavy atom. The molecule has 0 N–H and O–H groups in total. The first-order valence-corrected chi connectivity index (χ1v) is 7.32. The van der Waals surface area contributed by atoms with Crippen molar-refractivity contribution in [3.05, 3.63) is 0 Å². The van der Waals surface area contributed by atoms with Gasteiger partial charge in [-0.15, -0.1) is 0 Å². The minimum atomic E-state index is -0.419. The van der Waals surface area contributed by atoms with Crippen LogP contribution in [0.5, 0.6) is 0 Å². The van der Waals surface area contributed by atoms with Crippen LogP contribution in [0.3, 0.4) is 0 Å². The molecule has 0 aromatic rings. The summed E-state index contributed by atoms with van der Waals surface area (Å²) < 4.78 is 17.0. The zero-order valence-corrected chi connectivity index (χ0v) is 12.5. The summed E-state index contributed by atoms with van der Waals surface area (Å²) in [5.41, 5.74) is -0.419. The van der Waals surface area contributed by atoms with Crippen LogP contribution in [0.4, 0.5) is 0 Å². The molecule has 0 aromatic carbocycles. The minimum absolute atomic E-state index is 0.0933. The highest BCUT2D eigenvalue weighted by atomic mass is 16.7. The summed E-state index contributed by atoms with van der Waals surface area (Å²) in [7, 11) is 0. The molecule has 4 nitrogen and oxygen atoms in total. The van der Waals surface area contributed by atoms with Gasteiger partial charge in [0.1, 0.15) is 5.60 Å². The van der Waals surface area contributed by atoms with Crippen molar-refractivity contribution in [2.75, 3.05) is 13.2 Å². The lowest BCUT2D eigenvalue weighted by molar-refractivity contribution is -0.194. The fourth-order valence-corrected chi connectivity index (χ4v) is 3.01. The van der Waals surface area contributed by atoms with Gasteiger partial charge in [0, 0.05) is 12.8 Å². The molecular formula is C15H26O4. The Labute approximate surface area is 115 Å². The van der Waals surface area contributed by atoms with Gasteiger partial charge >= 0.3 is 5.97 Å². The summed E-state index contributed by atoms with van der Waals surface area (Å²) in [6.45, 7) is 9.03. The molecule has 1 saturated carbocycles. The van der Waals surface area contributed by atoms with Crippen molar-refractivity contribution in [2.45, 2.75) is 64.8 Å². The highest BCUT2D eigenvalue weighted by molar-refractivity contribution is 5.72. The predicted molar refractivity (Wildman–Crippen MR) is 71.6 cm³/mol. The third kappa shape index (κ3) is 3.69. The van der Waals surface area contributed by atoms with Crippen molar-refractivity contribution in [3.8, 4) is 0 Å². The van der Waals surface area contributed by atoms with Gasteiger partial charge < -0.3 is 14.2 Å². The SMILES string of the molecule is CC(C(=O)OC(C)(C)C)C1CCCC2(C1)OCCO2. The summed E-state index contributed by atoms with van der Waals surface area (Å²) >= 11 is 0. The summed E-state index contributed by atoms with van der Waals surface area (Å²) in [5, 5.41) is 0. The van der Waals surface area contributed by atoms with Crippen LogP contribution in [0.15, 0.2) is 0 Å². The Morgan fingerprint density at radius 2 is 1.95 bits per heavy atom. The van der Waals surface area contributed by atoms with Gasteiger partial charge in [0.15, 0.2) is 5.79 Å². The number of rotatable bonds is 2. The van der Waals surface area contributed by atoms with Crippen molar-refractivity contribution < 1.29 is 19.0 Å². The first-order valence-electron chi connectivity index (χ1n) is 7.32. The van der Waals surface area contributed by atoms with Gasteiger partial charge in [0.2, 0.25) is 0 Å². The largest absolute Gasteiger partial charge is 0.460 e. The third-order valence-electron chi connectivity index (χ3n) is 4.01. The van der Waals surface area contributed by atoms with Crippen LogP contribution in [0.1, 0.15) is 53.4 Å². The molecule has 2 atom stereocenters. The lowest BCUT2D eigenvalue weighted by Crippen LogP contribution is -2.40. The maximum Gasteiger partial charge on any atom is 0.309 e. The van der Waals surface area contributed by atoms with Crippen LogP contribution in [-0.2, 0) is 19.0 Å². The molecule has 19 heavy (non-hydrogen) atoms. The second-order valence-corrected chi connectivity index (χ2v) is 6.79. The van der Waals surface area contributed by atoms with Crippen molar-refractivity contribution in [2.24, 2.45) is 11.8 Å². The van der Waals surface area contributed by atoms with Gasteiger partial charge in [-0.3, -0.25) is 4.79 Å². The molecule has 110 valence electrons. The van der Waals surface area contributed by atoms with E-state index in [1.807, 2.05) is 27.7 Å². The van der Waals surface area contributed by atoms with Crippen LogP contribution < -0.4 is 0 Å². The summed E-state index contributed by atoms with van der Waals surface area (Å²) in [6, 6.07) is 0. The van der Waals surface area contributed by atoms with E-state index in [9.17, 15) is 4.79 Å². The zero-order chi connectivity index (χ0) is 14.1. The second-order valence-electron chi connectivity index (χ2n) is 6.79. The van der Waals surface area contributed by atoms with Crippen LogP contribution in [0.2, 0.25) is 0 Å². The summed E-state index contributed by atoms with van der Waals surface area (Å²) in [6.07, 6.45) is 3.87. The highest BCUT2D eigenvalue weighted by Gasteiger charge is 2.44. The molecule has 1 aliphatic heterocycles. The molecule has 0 amide bonds. The lowest BCUT2D eigenvalue weighted by atomic mass is 9.77. The zero-order valence-electron chi connectivity index (χ0n) is 12.5. The van der Waals surface area contributed by atoms with E-state index in [1.165, 1.54) is 0 Å². The van der Waals surface area contributed by atoms with Crippen LogP contribution in [0, 0.1) is 11.8 Å². The highest BCUT2D eigenvalue weighted by Crippen LogP contribution is 2.41. The molecule has 2 rings (SSSR count). The van der Waals surface area contributed by atoms with Gasteiger partial charge in [-0.25, -0.2) is 0 Å². The molecule has 1 saturated heterocycles. The number of carbonyl (C=O) groups is 1. The van der Waals surface area contributed by atoms with Crippen molar-refractivity contribution >= 4 is 5.97 Å². The van der Waals surface area contributed by atoms with Crippen molar-refractivity contribution in [1.29, 1.82) is 0 Å². The Hall–Kier alpha value is -0.610. The molecule has 2 unspecified atom stereocenters. The molecule has 1 heterocycles. The van der Waals surface area contributed by atoms with Gasteiger partial charge in [-0.05, 0) is 39.5 Å². The molecule has 0 bridgehead atoms. The minimum Gasteiger partial charge on any atom is -0.460 e. The van der Waals surface area contributed by atoms with E-state index in [0.29, 0.717) is 19.1 Å². The monoisotopic (exact) mass is 270 g/mol. The molecule has 0 aromatic heterocycles. The van der Waals surface area contributed by atoms with Crippen LogP contribution in [-0.4, -0.2) is 30.6 Å². The predicted octanol–water partition coefficient (Wildman–Crippen LogP) is 2.90. The topological polar surface area (TPSA) is 44.8 Å². The van der Waals surface area contributed by atoms with Gasteiger partial charge in [-0.1, -0.05) is 6.92 Å². The van der Waals surface area contributed by atoms with Crippen LogP contribution in [0.25, 0.3) is 0 Å². The average Bonchev–Trinajstić information content (AvgIpc) is 2.74. The smallest absolute Gasteiger partial charge is 0.309 e. The Bertz CT molecular complexity index is 326. The first kappa shape index (κ1) is 14.8. The van der Waals surface area contributed by atoms with Crippen molar-refractivity contribution in [3.63, 3.8) is 0 Å². The fraction of sp³-hybridized carbons (Fsp3) is 0.933. The van der Waals surface area contributed by atoms with Gasteiger partial charge in [-0.2, -0.15) is 0 Å². The Kier molecular flexibility index (Phi) is 4.21. The van der Waals surface area contributed by atoms with E-state index in [2.05, 4.69) is 0 Å². The molecule has 0 radical (unpaired) electrons. The average molecular weight is 270 g/mol. The maximum absolute atomic E-state index is 12.2. The van der Waals surface area contributed by atoms with E-state index >= 15 is 0 Å². The number of hydrogen-bond acceptors (Lipinski definition) is 4. The van der Waals surface area contributed by atoms with E-state index in [4.69, 9.17) is 14.2 Å². The second kappa shape index (κ2) is 5.41. The maximum atomic E-state index is 12.2.